The van der Waals surface area contributed by atoms with E-state index in [0.717, 1.165) is 23.3 Å². The van der Waals surface area contributed by atoms with Gasteiger partial charge < -0.3 is 5.32 Å². The highest BCUT2D eigenvalue weighted by molar-refractivity contribution is 7.99. The highest BCUT2D eigenvalue weighted by Gasteiger charge is 2.23. The summed E-state index contributed by atoms with van der Waals surface area (Å²) in [6.07, 6.45) is 0.862. The average Bonchev–Trinajstić information content (AvgIpc) is 2.50. The van der Waals surface area contributed by atoms with Crippen molar-refractivity contribution in [2.24, 2.45) is 0 Å². The summed E-state index contributed by atoms with van der Waals surface area (Å²) in [6.45, 7) is 1.85. The van der Waals surface area contributed by atoms with Gasteiger partial charge >= 0.3 is 0 Å². The fraction of sp³-hybridized carbons (Fsp3) is 0.235. The van der Waals surface area contributed by atoms with Crippen LogP contribution in [0.4, 0.5) is 4.39 Å². The Kier molecular flexibility index (Phi) is 3.97. The number of carbonyl (C=O) groups excluding carboxylic acids is 1. The Morgan fingerprint density at radius 2 is 2.10 bits per heavy atom. The molecule has 2 aromatic rings. The van der Waals surface area contributed by atoms with Crippen LogP contribution >= 0.6 is 11.8 Å². The second-order valence-corrected chi connectivity index (χ2v) is 6.32. The fourth-order valence-corrected chi connectivity index (χ4v) is 3.67. The van der Waals surface area contributed by atoms with Gasteiger partial charge in [0.1, 0.15) is 5.82 Å². The molecular weight excluding hydrogens is 285 g/mol. The molecule has 0 spiro atoms. The van der Waals surface area contributed by atoms with Gasteiger partial charge in [0.05, 0.1) is 11.6 Å². The zero-order chi connectivity index (χ0) is 14.8. The van der Waals surface area contributed by atoms with Crippen molar-refractivity contribution in [3.8, 4) is 0 Å². The predicted octanol–water partition coefficient (Wildman–Crippen LogP) is 4.10. The standard InChI is InChI=1S/C17H16FNOS/c1-11-6-7-14(18)13(10-11)17(20)19-15-8-9-21-16-5-3-2-4-12(15)16/h2-7,10,15H,8-9H2,1H3,(H,19,20). The van der Waals surface area contributed by atoms with Crippen LogP contribution in [0.3, 0.4) is 0 Å². The van der Waals surface area contributed by atoms with Crippen molar-refractivity contribution in [1.29, 1.82) is 0 Å². The van der Waals surface area contributed by atoms with Gasteiger partial charge in [0.25, 0.3) is 5.91 Å². The van der Waals surface area contributed by atoms with Gasteiger partial charge in [-0.2, -0.15) is 0 Å². The van der Waals surface area contributed by atoms with Crippen LogP contribution in [-0.4, -0.2) is 11.7 Å². The summed E-state index contributed by atoms with van der Waals surface area (Å²) in [5, 5.41) is 2.97. The van der Waals surface area contributed by atoms with E-state index in [1.807, 2.05) is 25.1 Å². The van der Waals surface area contributed by atoms with E-state index in [1.54, 1.807) is 23.9 Å². The Balaban J connectivity index is 1.84. The van der Waals surface area contributed by atoms with Gasteiger partial charge in [-0.05, 0) is 37.1 Å². The van der Waals surface area contributed by atoms with Gasteiger partial charge in [-0.15, -0.1) is 11.8 Å². The van der Waals surface area contributed by atoms with E-state index in [-0.39, 0.29) is 17.5 Å². The van der Waals surface area contributed by atoms with Crippen molar-refractivity contribution in [1.82, 2.24) is 5.32 Å². The van der Waals surface area contributed by atoms with Gasteiger partial charge in [-0.25, -0.2) is 4.39 Å². The first-order valence-corrected chi connectivity index (χ1v) is 7.92. The van der Waals surface area contributed by atoms with E-state index < -0.39 is 5.82 Å². The molecule has 0 saturated carbocycles. The Morgan fingerprint density at radius 3 is 2.95 bits per heavy atom. The number of hydrogen-bond acceptors (Lipinski definition) is 2. The lowest BCUT2D eigenvalue weighted by molar-refractivity contribution is 0.0931. The highest BCUT2D eigenvalue weighted by Crippen LogP contribution is 2.35. The van der Waals surface area contributed by atoms with E-state index >= 15 is 0 Å². The molecule has 1 amide bonds. The van der Waals surface area contributed by atoms with Crippen molar-refractivity contribution >= 4 is 17.7 Å². The van der Waals surface area contributed by atoms with Gasteiger partial charge in [-0.1, -0.05) is 29.8 Å². The smallest absolute Gasteiger partial charge is 0.254 e. The second kappa shape index (κ2) is 5.90. The molecule has 108 valence electrons. The van der Waals surface area contributed by atoms with Crippen LogP contribution in [0.5, 0.6) is 0 Å². The van der Waals surface area contributed by atoms with E-state index in [9.17, 15) is 9.18 Å². The maximum Gasteiger partial charge on any atom is 0.254 e. The first-order chi connectivity index (χ1) is 10.1. The largest absolute Gasteiger partial charge is 0.345 e. The number of halogens is 1. The molecule has 1 N–H and O–H groups in total. The third kappa shape index (κ3) is 2.95. The van der Waals surface area contributed by atoms with Crippen LogP contribution in [0.25, 0.3) is 0 Å². The Bertz CT molecular complexity index is 686. The van der Waals surface area contributed by atoms with E-state index in [0.29, 0.717) is 0 Å². The molecule has 0 radical (unpaired) electrons. The minimum Gasteiger partial charge on any atom is -0.345 e. The summed E-state index contributed by atoms with van der Waals surface area (Å²) < 4.78 is 13.8. The summed E-state index contributed by atoms with van der Waals surface area (Å²) in [4.78, 5) is 13.5. The second-order valence-electron chi connectivity index (χ2n) is 5.18. The molecule has 0 bridgehead atoms. The van der Waals surface area contributed by atoms with Crippen LogP contribution < -0.4 is 5.32 Å². The number of nitrogens with one attached hydrogen (secondary N) is 1. The molecule has 2 nitrogen and oxygen atoms in total. The van der Waals surface area contributed by atoms with Crippen LogP contribution in [0.15, 0.2) is 47.4 Å². The summed E-state index contributed by atoms with van der Waals surface area (Å²) >= 11 is 1.80. The lowest BCUT2D eigenvalue weighted by Gasteiger charge is -2.26. The summed E-state index contributed by atoms with van der Waals surface area (Å²) in [5.41, 5.74) is 2.11. The lowest BCUT2D eigenvalue weighted by Crippen LogP contribution is -2.31. The van der Waals surface area contributed by atoms with Crippen molar-refractivity contribution in [2.45, 2.75) is 24.3 Å². The molecule has 1 heterocycles. The number of benzene rings is 2. The molecule has 0 fully saturated rings. The van der Waals surface area contributed by atoms with Gasteiger partial charge in [0, 0.05) is 10.6 Å². The maximum atomic E-state index is 13.8. The predicted molar refractivity (Wildman–Crippen MR) is 83.1 cm³/mol. The van der Waals surface area contributed by atoms with E-state index in [1.165, 1.54) is 11.0 Å². The lowest BCUT2D eigenvalue weighted by atomic mass is 10.0. The Labute approximate surface area is 127 Å². The summed E-state index contributed by atoms with van der Waals surface area (Å²) in [5.74, 6) is 0.137. The molecular formula is C17H16FNOS. The molecule has 0 saturated heterocycles. The van der Waals surface area contributed by atoms with Crippen molar-refractivity contribution in [3.05, 3.63) is 65.0 Å². The Hall–Kier alpha value is -1.81. The maximum absolute atomic E-state index is 13.8. The van der Waals surface area contributed by atoms with Crippen LogP contribution in [0, 0.1) is 12.7 Å². The zero-order valence-corrected chi connectivity index (χ0v) is 12.5. The highest BCUT2D eigenvalue weighted by atomic mass is 32.2. The number of hydrogen-bond donors (Lipinski definition) is 1. The molecule has 2 aromatic carbocycles. The molecule has 21 heavy (non-hydrogen) atoms. The first-order valence-electron chi connectivity index (χ1n) is 6.94. The fourth-order valence-electron chi connectivity index (χ4n) is 2.54. The molecule has 1 unspecified atom stereocenters. The molecule has 4 heteroatoms. The number of rotatable bonds is 2. The van der Waals surface area contributed by atoms with E-state index in [4.69, 9.17) is 0 Å². The quantitative estimate of drug-likeness (QED) is 0.904. The SMILES string of the molecule is Cc1ccc(F)c(C(=O)NC2CCSc3ccccc32)c1. The van der Waals surface area contributed by atoms with Gasteiger partial charge in [0.2, 0.25) is 0 Å². The van der Waals surface area contributed by atoms with Gasteiger partial charge in [0.15, 0.2) is 0 Å². The number of fused-ring (bicyclic) bond motifs is 1. The minimum absolute atomic E-state index is 0.0464. The summed E-state index contributed by atoms with van der Waals surface area (Å²) in [6, 6.07) is 12.6. The van der Waals surface area contributed by atoms with Gasteiger partial charge in [-0.3, -0.25) is 4.79 Å². The molecule has 1 atom stereocenters. The monoisotopic (exact) mass is 301 g/mol. The third-order valence-corrected chi connectivity index (χ3v) is 4.75. The Morgan fingerprint density at radius 1 is 1.29 bits per heavy atom. The molecule has 0 aromatic heterocycles. The van der Waals surface area contributed by atoms with Crippen LogP contribution in [-0.2, 0) is 0 Å². The number of thioether (sulfide) groups is 1. The third-order valence-electron chi connectivity index (χ3n) is 3.63. The molecule has 1 aliphatic heterocycles. The number of aryl methyl sites for hydroxylation is 1. The summed E-state index contributed by atoms with van der Waals surface area (Å²) in [7, 11) is 0. The van der Waals surface area contributed by atoms with Crippen LogP contribution in [0.2, 0.25) is 0 Å². The van der Waals surface area contributed by atoms with Crippen molar-refractivity contribution < 1.29 is 9.18 Å². The molecule has 1 aliphatic rings. The molecule has 3 rings (SSSR count). The zero-order valence-electron chi connectivity index (χ0n) is 11.7. The van der Waals surface area contributed by atoms with E-state index in [2.05, 4.69) is 11.4 Å². The first kappa shape index (κ1) is 14.1. The molecule has 0 aliphatic carbocycles. The van der Waals surface area contributed by atoms with Crippen LogP contribution in [0.1, 0.15) is 33.9 Å². The topological polar surface area (TPSA) is 29.1 Å². The number of carbonyl (C=O) groups is 1. The normalized spacial score (nSPS) is 17.1. The van der Waals surface area contributed by atoms with Crippen molar-refractivity contribution in [2.75, 3.05) is 5.75 Å². The average molecular weight is 301 g/mol. The number of amides is 1. The minimum atomic E-state index is -0.475. The van der Waals surface area contributed by atoms with Crippen molar-refractivity contribution in [3.63, 3.8) is 0 Å².